The number of ether oxygens (including phenoxy) is 2. The molecule has 0 aliphatic carbocycles. The highest BCUT2D eigenvalue weighted by Gasteiger charge is 2.18. The number of hydrogen-bond acceptors (Lipinski definition) is 4. The van der Waals surface area contributed by atoms with Crippen LogP contribution >= 0.6 is 15.9 Å². The van der Waals surface area contributed by atoms with Crippen LogP contribution in [0.25, 0.3) is 6.08 Å². The van der Waals surface area contributed by atoms with Gasteiger partial charge in [0.1, 0.15) is 5.75 Å². The Morgan fingerprint density at radius 1 is 1.19 bits per heavy atom. The van der Waals surface area contributed by atoms with Crippen molar-refractivity contribution in [3.8, 4) is 5.75 Å². The van der Waals surface area contributed by atoms with E-state index in [0.29, 0.717) is 11.4 Å². The standard InChI is InChI=1S/C20H20BrNO4/c1-13-7-9-18(25-3)17(11-13)22-20(24)14(2)26-19(23)10-8-15-5-4-6-16(21)12-15/h4-12,14H,1-3H3,(H,22,24)/b10-8+. The summed E-state index contributed by atoms with van der Waals surface area (Å²) in [5, 5.41) is 2.72. The minimum absolute atomic E-state index is 0.432. The van der Waals surface area contributed by atoms with Crippen molar-refractivity contribution in [3.63, 3.8) is 0 Å². The number of carbonyl (C=O) groups excluding carboxylic acids is 2. The van der Waals surface area contributed by atoms with Crippen molar-refractivity contribution in [1.29, 1.82) is 0 Å². The number of amides is 1. The van der Waals surface area contributed by atoms with Gasteiger partial charge < -0.3 is 14.8 Å². The van der Waals surface area contributed by atoms with Crippen LogP contribution in [0.1, 0.15) is 18.1 Å². The molecule has 0 fully saturated rings. The van der Waals surface area contributed by atoms with Gasteiger partial charge in [0.25, 0.3) is 5.91 Å². The fraction of sp³-hybridized carbons (Fsp3) is 0.200. The van der Waals surface area contributed by atoms with Crippen molar-refractivity contribution >= 4 is 39.6 Å². The average molecular weight is 418 g/mol. The summed E-state index contributed by atoms with van der Waals surface area (Å²) < 4.78 is 11.3. The topological polar surface area (TPSA) is 64.6 Å². The van der Waals surface area contributed by atoms with E-state index in [2.05, 4.69) is 21.2 Å². The van der Waals surface area contributed by atoms with Gasteiger partial charge >= 0.3 is 5.97 Å². The van der Waals surface area contributed by atoms with Gasteiger partial charge in [-0.25, -0.2) is 4.79 Å². The van der Waals surface area contributed by atoms with Crippen molar-refractivity contribution in [2.24, 2.45) is 0 Å². The molecule has 0 aliphatic heterocycles. The molecule has 5 nitrogen and oxygen atoms in total. The van der Waals surface area contributed by atoms with E-state index in [4.69, 9.17) is 9.47 Å². The van der Waals surface area contributed by atoms with Gasteiger partial charge in [-0.15, -0.1) is 0 Å². The maximum absolute atomic E-state index is 12.3. The number of carbonyl (C=O) groups is 2. The second-order valence-corrected chi connectivity index (χ2v) is 6.58. The van der Waals surface area contributed by atoms with Crippen molar-refractivity contribution < 1.29 is 19.1 Å². The van der Waals surface area contributed by atoms with Gasteiger partial charge in [-0.2, -0.15) is 0 Å². The molecule has 136 valence electrons. The summed E-state index contributed by atoms with van der Waals surface area (Å²) in [4.78, 5) is 24.2. The minimum Gasteiger partial charge on any atom is -0.495 e. The van der Waals surface area contributed by atoms with E-state index in [-0.39, 0.29) is 0 Å². The summed E-state index contributed by atoms with van der Waals surface area (Å²) in [5.41, 5.74) is 2.35. The Balaban J connectivity index is 1.96. The number of methoxy groups -OCH3 is 1. The van der Waals surface area contributed by atoms with E-state index in [1.54, 1.807) is 18.2 Å². The molecular weight excluding hydrogens is 398 g/mol. The first-order valence-electron chi connectivity index (χ1n) is 7.99. The van der Waals surface area contributed by atoms with Crippen LogP contribution in [0.5, 0.6) is 5.75 Å². The molecule has 0 saturated heterocycles. The SMILES string of the molecule is COc1ccc(C)cc1NC(=O)C(C)OC(=O)/C=C/c1cccc(Br)c1. The van der Waals surface area contributed by atoms with E-state index in [0.717, 1.165) is 15.6 Å². The monoisotopic (exact) mass is 417 g/mol. The smallest absolute Gasteiger partial charge is 0.331 e. The molecule has 0 aliphatic rings. The molecule has 6 heteroatoms. The normalized spacial score (nSPS) is 11.8. The van der Waals surface area contributed by atoms with Crippen molar-refractivity contribution in [2.45, 2.75) is 20.0 Å². The Kier molecular flexibility index (Phi) is 6.97. The zero-order valence-electron chi connectivity index (χ0n) is 14.8. The summed E-state index contributed by atoms with van der Waals surface area (Å²) in [6.07, 6.45) is 1.97. The highest BCUT2D eigenvalue weighted by Crippen LogP contribution is 2.25. The second kappa shape index (κ2) is 9.20. The zero-order valence-corrected chi connectivity index (χ0v) is 16.4. The Bertz CT molecular complexity index is 832. The van der Waals surface area contributed by atoms with Crippen molar-refractivity contribution in [2.75, 3.05) is 12.4 Å². The lowest BCUT2D eigenvalue weighted by molar-refractivity contribution is -0.148. The first-order chi connectivity index (χ1) is 12.4. The summed E-state index contributed by atoms with van der Waals surface area (Å²) in [7, 11) is 1.52. The third-order valence-corrected chi connectivity index (χ3v) is 4.03. The average Bonchev–Trinajstić information content (AvgIpc) is 2.60. The molecule has 0 saturated carbocycles. The summed E-state index contributed by atoms with van der Waals surface area (Å²) in [6.45, 7) is 3.42. The molecule has 1 amide bonds. The molecule has 2 rings (SSSR count). The number of halogens is 1. The number of anilines is 1. The molecule has 0 aromatic heterocycles. The van der Waals surface area contributed by atoms with E-state index >= 15 is 0 Å². The van der Waals surface area contributed by atoms with Gasteiger partial charge in [0, 0.05) is 10.5 Å². The number of hydrogen-bond donors (Lipinski definition) is 1. The van der Waals surface area contributed by atoms with Gasteiger partial charge in [0.05, 0.1) is 12.8 Å². The number of rotatable bonds is 6. The summed E-state index contributed by atoms with van der Waals surface area (Å²) >= 11 is 3.36. The molecule has 0 heterocycles. The Labute approximate surface area is 161 Å². The van der Waals surface area contributed by atoms with Crippen LogP contribution in [0.15, 0.2) is 53.0 Å². The van der Waals surface area contributed by atoms with Gasteiger partial charge in [-0.3, -0.25) is 4.79 Å². The number of aryl methyl sites for hydroxylation is 1. The molecule has 2 aromatic rings. The van der Waals surface area contributed by atoms with Gasteiger partial charge in [0.2, 0.25) is 0 Å². The molecule has 0 bridgehead atoms. The summed E-state index contributed by atoms with van der Waals surface area (Å²) in [6, 6.07) is 12.9. The fourth-order valence-corrected chi connectivity index (χ4v) is 2.61. The molecule has 1 N–H and O–H groups in total. The van der Waals surface area contributed by atoms with Crippen molar-refractivity contribution in [3.05, 3.63) is 64.1 Å². The number of esters is 1. The van der Waals surface area contributed by atoms with Crippen molar-refractivity contribution in [1.82, 2.24) is 0 Å². The second-order valence-electron chi connectivity index (χ2n) is 5.66. The van der Waals surface area contributed by atoms with E-state index in [1.807, 2.05) is 37.3 Å². The van der Waals surface area contributed by atoms with Crippen LogP contribution in [0.2, 0.25) is 0 Å². The largest absolute Gasteiger partial charge is 0.495 e. The lowest BCUT2D eigenvalue weighted by atomic mass is 10.2. The van der Waals surface area contributed by atoms with Crippen LogP contribution in [0.3, 0.4) is 0 Å². The summed E-state index contributed by atoms with van der Waals surface area (Å²) in [5.74, 6) is -0.487. The first kappa shape index (κ1) is 19.7. The molecular formula is C20H20BrNO4. The van der Waals surface area contributed by atoms with Crippen LogP contribution in [0.4, 0.5) is 5.69 Å². The quantitative estimate of drug-likeness (QED) is 0.560. The van der Waals surface area contributed by atoms with Gasteiger partial charge in [-0.05, 0) is 55.3 Å². The minimum atomic E-state index is -0.945. The van der Waals surface area contributed by atoms with E-state index < -0.39 is 18.0 Å². The van der Waals surface area contributed by atoms with Gasteiger partial charge in [0.15, 0.2) is 6.10 Å². The molecule has 1 atom stereocenters. The van der Waals surface area contributed by atoms with Crippen LogP contribution < -0.4 is 10.1 Å². The number of nitrogens with one attached hydrogen (secondary N) is 1. The third kappa shape index (κ3) is 5.74. The highest BCUT2D eigenvalue weighted by atomic mass is 79.9. The highest BCUT2D eigenvalue weighted by molar-refractivity contribution is 9.10. The van der Waals surface area contributed by atoms with E-state index in [1.165, 1.54) is 20.1 Å². The zero-order chi connectivity index (χ0) is 19.1. The fourth-order valence-electron chi connectivity index (χ4n) is 2.20. The Hall–Kier alpha value is -2.60. The molecule has 0 spiro atoms. The van der Waals surface area contributed by atoms with Gasteiger partial charge in [-0.1, -0.05) is 34.1 Å². The lowest BCUT2D eigenvalue weighted by Gasteiger charge is -2.15. The predicted molar refractivity (Wildman–Crippen MR) is 105 cm³/mol. The predicted octanol–water partition coefficient (Wildman–Crippen LogP) is 4.35. The third-order valence-electron chi connectivity index (χ3n) is 3.54. The Morgan fingerprint density at radius 2 is 1.96 bits per heavy atom. The number of benzene rings is 2. The van der Waals surface area contributed by atoms with Crippen LogP contribution in [-0.2, 0) is 14.3 Å². The molecule has 0 radical (unpaired) electrons. The molecule has 26 heavy (non-hydrogen) atoms. The maximum Gasteiger partial charge on any atom is 0.331 e. The lowest BCUT2D eigenvalue weighted by Crippen LogP contribution is -2.29. The molecule has 1 unspecified atom stereocenters. The van der Waals surface area contributed by atoms with E-state index in [9.17, 15) is 9.59 Å². The maximum atomic E-state index is 12.3. The first-order valence-corrected chi connectivity index (χ1v) is 8.78. The van der Waals surface area contributed by atoms with Crippen LogP contribution in [0, 0.1) is 6.92 Å². The van der Waals surface area contributed by atoms with Crippen LogP contribution in [-0.4, -0.2) is 25.1 Å². The molecule has 2 aromatic carbocycles. The Morgan fingerprint density at radius 3 is 2.65 bits per heavy atom.